The Hall–Kier alpha value is -0.723. The number of aliphatic hydroxyl groups is 1. The highest BCUT2D eigenvalue weighted by Crippen LogP contribution is 2.54. The van der Waals surface area contributed by atoms with Crippen molar-refractivity contribution in [2.24, 2.45) is 11.3 Å². The average molecular weight is 385 g/mol. The van der Waals surface area contributed by atoms with Crippen LogP contribution < -0.4 is 0 Å². The van der Waals surface area contributed by atoms with Crippen LogP contribution in [-0.2, 0) is 18.8 Å². The largest absolute Gasteiger partial charge is 0.463 e. The second kappa shape index (κ2) is 7.02. The van der Waals surface area contributed by atoms with Gasteiger partial charge < -0.3 is 14.3 Å². The van der Waals surface area contributed by atoms with Crippen molar-refractivity contribution < 1.29 is 23.9 Å². The van der Waals surface area contributed by atoms with Crippen LogP contribution >= 0.6 is 0 Å². The van der Waals surface area contributed by atoms with E-state index in [-0.39, 0.29) is 22.8 Å². The smallest absolute Gasteiger partial charge is 0.302 e. The number of ether oxygens (including phenoxy) is 1. The molecule has 1 N–H and O–H groups in total. The van der Waals surface area contributed by atoms with Crippen molar-refractivity contribution in [1.82, 2.24) is 0 Å². The van der Waals surface area contributed by atoms with Gasteiger partial charge in [0.15, 0.2) is 14.1 Å². The molecule has 0 unspecified atom stereocenters. The summed E-state index contributed by atoms with van der Waals surface area (Å²) in [5, 5.41) is 11.3. The van der Waals surface area contributed by atoms with Gasteiger partial charge in [0, 0.05) is 6.92 Å². The Bertz CT molecular complexity index is 567. The zero-order valence-corrected chi connectivity index (χ0v) is 18.5. The second-order valence-corrected chi connectivity index (χ2v) is 14.9. The van der Waals surface area contributed by atoms with E-state index in [0.29, 0.717) is 12.8 Å². The summed E-state index contributed by atoms with van der Waals surface area (Å²) in [6.45, 7) is 14.1. The predicted molar refractivity (Wildman–Crippen MR) is 103 cm³/mol. The molecule has 2 aliphatic carbocycles. The van der Waals surface area contributed by atoms with Crippen molar-refractivity contribution in [3.8, 4) is 0 Å². The summed E-state index contributed by atoms with van der Waals surface area (Å²) in [5.41, 5.74) is -1.54. The Kier molecular flexibility index (Phi) is 5.83. The minimum absolute atomic E-state index is 0.00192. The number of esters is 1. The third-order valence-corrected chi connectivity index (χ3v) is 11.4. The Balaban J connectivity index is 2.28. The normalized spacial score (nSPS) is 35.8. The molecule has 0 aliphatic heterocycles. The van der Waals surface area contributed by atoms with Gasteiger partial charge in [0.2, 0.25) is 0 Å². The van der Waals surface area contributed by atoms with Crippen molar-refractivity contribution in [1.29, 1.82) is 0 Å². The molecule has 0 aromatic rings. The second-order valence-electron chi connectivity index (χ2n) is 10.1. The SMILES string of the molecule is CC(=O)OC[C@@]1(O)CCC[C@]2(C)CC[C@H](O[Si](C)(C)C(C)(C)C)C(=O)[C@@H]21. The monoisotopic (exact) mass is 384 g/mol. The van der Waals surface area contributed by atoms with Crippen molar-refractivity contribution in [3.63, 3.8) is 0 Å². The fourth-order valence-corrected chi connectivity index (χ4v) is 5.73. The van der Waals surface area contributed by atoms with Crippen LogP contribution in [0.4, 0.5) is 0 Å². The lowest BCUT2D eigenvalue weighted by molar-refractivity contribution is -0.185. The van der Waals surface area contributed by atoms with Crippen molar-refractivity contribution in [2.45, 2.75) is 96.6 Å². The molecule has 2 fully saturated rings. The number of fused-ring (bicyclic) bond motifs is 1. The Morgan fingerprint density at radius 2 is 1.88 bits per heavy atom. The number of Topliss-reactive ketones (excluding diaryl/α,β-unsaturated/α-hetero) is 1. The van der Waals surface area contributed by atoms with E-state index in [2.05, 4.69) is 40.8 Å². The molecule has 0 amide bonds. The first-order valence-electron chi connectivity index (χ1n) is 9.79. The van der Waals surface area contributed by atoms with Gasteiger partial charge in [-0.2, -0.15) is 0 Å². The topological polar surface area (TPSA) is 72.8 Å². The van der Waals surface area contributed by atoms with Crippen LogP contribution in [-0.4, -0.2) is 43.5 Å². The lowest BCUT2D eigenvalue weighted by atomic mass is 9.54. The molecule has 6 heteroatoms. The molecule has 4 atom stereocenters. The van der Waals surface area contributed by atoms with Crippen LogP contribution in [0.3, 0.4) is 0 Å². The highest BCUT2D eigenvalue weighted by molar-refractivity contribution is 6.74. The van der Waals surface area contributed by atoms with Crippen LogP contribution in [0.2, 0.25) is 18.1 Å². The molecule has 0 spiro atoms. The van der Waals surface area contributed by atoms with E-state index < -0.39 is 31.9 Å². The van der Waals surface area contributed by atoms with Gasteiger partial charge in [-0.1, -0.05) is 27.7 Å². The number of ketones is 1. The van der Waals surface area contributed by atoms with E-state index in [1.54, 1.807) is 0 Å². The minimum atomic E-state index is -2.09. The highest BCUT2D eigenvalue weighted by Gasteiger charge is 2.59. The van der Waals surface area contributed by atoms with Gasteiger partial charge in [0.1, 0.15) is 18.3 Å². The first kappa shape index (κ1) is 21.6. The molecule has 0 heterocycles. The van der Waals surface area contributed by atoms with Gasteiger partial charge in [0.25, 0.3) is 0 Å². The first-order chi connectivity index (χ1) is 11.7. The van der Waals surface area contributed by atoms with E-state index >= 15 is 0 Å². The first-order valence-corrected chi connectivity index (χ1v) is 12.7. The molecule has 0 aromatic carbocycles. The third kappa shape index (κ3) is 4.07. The fourth-order valence-electron chi connectivity index (χ4n) is 4.43. The summed E-state index contributed by atoms with van der Waals surface area (Å²) >= 11 is 0. The van der Waals surface area contributed by atoms with Crippen LogP contribution in [0.15, 0.2) is 0 Å². The molecule has 26 heavy (non-hydrogen) atoms. The summed E-state index contributed by atoms with van der Waals surface area (Å²) in [4.78, 5) is 24.7. The Morgan fingerprint density at radius 1 is 1.27 bits per heavy atom. The number of hydrogen-bond donors (Lipinski definition) is 1. The quantitative estimate of drug-likeness (QED) is 0.589. The number of rotatable bonds is 4. The molecule has 0 radical (unpaired) electrons. The Morgan fingerprint density at radius 3 is 2.42 bits per heavy atom. The number of carbonyl (C=O) groups is 2. The number of carbonyl (C=O) groups excluding carboxylic acids is 2. The maximum Gasteiger partial charge on any atom is 0.302 e. The summed E-state index contributed by atoms with van der Waals surface area (Å²) < 4.78 is 11.6. The Labute approximate surface area is 159 Å². The zero-order chi connectivity index (χ0) is 20.0. The average Bonchev–Trinajstić information content (AvgIpc) is 2.47. The minimum Gasteiger partial charge on any atom is -0.463 e. The molecule has 0 saturated heterocycles. The summed E-state index contributed by atoms with van der Waals surface area (Å²) in [7, 11) is -2.09. The predicted octanol–water partition coefficient (Wildman–Crippen LogP) is 3.84. The van der Waals surface area contributed by atoms with Gasteiger partial charge in [0.05, 0.1) is 5.92 Å². The highest BCUT2D eigenvalue weighted by atomic mass is 28.4. The van der Waals surface area contributed by atoms with Gasteiger partial charge in [-0.05, 0) is 55.7 Å². The van der Waals surface area contributed by atoms with Crippen molar-refractivity contribution in [2.75, 3.05) is 6.61 Å². The molecule has 0 bridgehead atoms. The van der Waals surface area contributed by atoms with Crippen LogP contribution in [0, 0.1) is 11.3 Å². The number of hydrogen-bond acceptors (Lipinski definition) is 5. The molecule has 2 rings (SSSR count). The summed E-state index contributed by atoms with van der Waals surface area (Å²) in [6.07, 6.45) is 3.34. The van der Waals surface area contributed by atoms with Gasteiger partial charge in [-0.3, -0.25) is 9.59 Å². The molecule has 150 valence electrons. The lowest BCUT2D eigenvalue weighted by Gasteiger charge is -2.54. The van der Waals surface area contributed by atoms with Crippen molar-refractivity contribution >= 4 is 20.1 Å². The molecular formula is C20H36O5Si. The molecule has 2 saturated carbocycles. The molecule has 0 aromatic heterocycles. The molecule has 5 nitrogen and oxygen atoms in total. The van der Waals surface area contributed by atoms with Crippen LogP contribution in [0.1, 0.15) is 66.7 Å². The van der Waals surface area contributed by atoms with E-state index in [0.717, 1.165) is 19.3 Å². The zero-order valence-electron chi connectivity index (χ0n) is 17.5. The van der Waals surface area contributed by atoms with E-state index in [9.17, 15) is 14.7 Å². The molecule has 2 aliphatic rings. The van der Waals surface area contributed by atoms with Gasteiger partial charge in [-0.25, -0.2) is 0 Å². The standard InChI is InChI=1S/C20H36O5Si/c1-14(21)24-13-20(23)11-8-10-19(5)12-9-15(16(22)17(19)20)25-26(6,7)18(2,3)4/h15,17,23H,8-13H2,1-7H3/t15-,17-,19+,20-/m0/s1. The molecular weight excluding hydrogens is 348 g/mol. The summed E-state index contributed by atoms with van der Waals surface area (Å²) in [6, 6.07) is 0. The fraction of sp³-hybridized carbons (Fsp3) is 0.900. The van der Waals surface area contributed by atoms with Crippen LogP contribution in [0.5, 0.6) is 0 Å². The van der Waals surface area contributed by atoms with Crippen LogP contribution in [0.25, 0.3) is 0 Å². The van der Waals surface area contributed by atoms with E-state index in [1.165, 1.54) is 6.92 Å². The van der Waals surface area contributed by atoms with E-state index in [1.807, 2.05) is 0 Å². The lowest BCUT2D eigenvalue weighted by Crippen LogP contribution is -2.62. The maximum atomic E-state index is 13.4. The summed E-state index contributed by atoms with van der Waals surface area (Å²) in [5.74, 6) is -0.965. The van der Waals surface area contributed by atoms with Gasteiger partial charge >= 0.3 is 5.97 Å². The van der Waals surface area contributed by atoms with Crippen molar-refractivity contribution in [3.05, 3.63) is 0 Å². The van der Waals surface area contributed by atoms with E-state index in [4.69, 9.17) is 9.16 Å². The maximum absolute atomic E-state index is 13.4. The third-order valence-electron chi connectivity index (χ3n) is 6.94. The van der Waals surface area contributed by atoms with Gasteiger partial charge in [-0.15, -0.1) is 0 Å².